The fourth-order valence-corrected chi connectivity index (χ4v) is 1.38. The lowest BCUT2D eigenvalue weighted by Gasteiger charge is -2.15. The van der Waals surface area contributed by atoms with Crippen LogP contribution in [0.4, 0.5) is 17.7 Å². The summed E-state index contributed by atoms with van der Waals surface area (Å²) in [5.74, 6) is 1.10. The maximum atomic E-state index is 9.08. The second-order valence-electron chi connectivity index (χ2n) is 4.37. The van der Waals surface area contributed by atoms with Gasteiger partial charge in [-0.05, 0) is 0 Å². The van der Waals surface area contributed by atoms with Gasteiger partial charge in [-0.25, -0.2) is 0 Å². The van der Waals surface area contributed by atoms with E-state index in [1.165, 1.54) is 4.68 Å². The average molecular weight is 274 g/mol. The molecule has 0 fully saturated rings. The van der Waals surface area contributed by atoms with Crippen molar-refractivity contribution in [2.75, 3.05) is 43.7 Å². The predicted molar refractivity (Wildman–Crippen MR) is 72.5 cm³/mol. The van der Waals surface area contributed by atoms with Crippen LogP contribution in [0.5, 0.6) is 0 Å². The molecular weight excluding hydrogens is 260 g/mol. The van der Waals surface area contributed by atoms with Crippen LogP contribution in [0.2, 0.25) is 0 Å². The first-order chi connectivity index (χ1) is 9.43. The third kappa shape index (κ3) is 2.28. The molecule has 0 saturated carbocycles. The molecule has 104 valence electrons. The van der Waals surface area contributed by atoms with Gasteiger partial charge in [0, 0.05) is 28.2 Å². The summed E-state index contributed by atoms with van der Waals surface area (Å²) in [4.78, 5) is 16.2. The van der Waals surface area contributed by atoms with Crippen LogP contribution in [0.15, 0.2) is 0 Å². The Morgan fingerprint density at radius 1 is 1.05 bits per heavy atom. The van der Waals surface area contributed by atoms with E-state index in [2.05, 4.69) is 25.3 Å². The van der Waals surface area contributed by atoms with E-state index in [9.17, 15) is 0 Å². The van der Waals surface area contributed by atoms with E-state index in [0.717, 1.165) is 0 Å². The SMILES string of the molecule is CN(C)c1nc(N(C)C)nc(-n2nnc(N)c2C#N)n1. The summed E-state index contributed by atoms with van der Waals surface area (Å²) in [6.45, 7) is 0. The number of hydrogen-bond donors (Lipinski definition) is 1. The van der Waals surface area contributed by atoms with Crippen molar-refractivity contribution < 1.29 is 0 Å². The second kappa shape index (κ2) is 4.96. The minimum absolute atomic E-state index is 0.0331. The summed E-state index contributed by atoms with van der Waals surface area (Å²) >= 11 is 0. The van der Waals surface area contributed by atoms with Crippen LogP contribution in [0.3, 0.4) is 0 Å². The van der Waals surface area contributed by atoms with E-state index in [-0.39, 0.29) is 17.5 Å². The molecule has 0 aliphatic heterocycles. The molecule has 10 heteroatoms. The zero-order valence-electron chi connectivity index (χ0n) is 11.6. The number of nitriles is 1. The Morgan fingerprint density at radius 2 is 1.60 bits per heavy atom. The average Bonchev–Trinajstić information content (AvgIpc) is 2.79. The van der Waals surface area contributed by atoms with Crippen molar-refractivity contribution in [3.05, 3.63) is 5.69 Å². The molecule has 10 nitrogen and oxygen atoms in total. The number of nitrogen functional groups attached to an aromatic ring is 1. The van der Waals surface area contributed by atoms with Crippen molar-refractivity contribution in [2.45, 2.75) is 0 Å². The molecule has 0 aromatic carbocycles. The van der Waals surface area contributed by atoms with Crippen molar-refractivity contribution in [1.82, 2.24) is 29.9 Å². The van der Waals surface area contributed by atoms with Gasteiger partial charge in [0.1, 0.15) is 6.07 Å². The van der Waals surface area contributed by atoms with Gasteiger partial charge in [-0.1, -0.05) is 5.21 Å². The smallest absolute Gasteiger partial charge is 0.259 e. The fraction of sp³-hybridized carbons (Fsp3) is 0.400. The van der Waals surface area contributed by atoms with Crippen molar-refractivity contribution in [2.24, 2.45) is 0 Å². The normalized spacial score (nSPS) is 10.2. The highest BCUT2D eigenvalue weighted by Crippen LogP contribution is 2.15. The summed E-state index contributed by atoms with van der Waals surface area (Å²) in [6, 6.07) is 1.93. The zero-order valence-corrected chi connectivity index (χ0v) is 11.6. The molecule has 2 aromatic rings. The Morgan fingerprint density at radius 3 is 2.05 bits per heavy atom. The quantitative estimate of drug-likeness (QED) is 0.752. The Kier molecular flexibility index (Phi) is 3.34. The van der Waals surface area contributed by atoms with Crippen LogP contribution in [0.25, 0.3) is 5.95 Å². The van der Waals surface area contributed by atoms with Crippen LogP contribution in [0.1, 0.15) is 5.69 Å². The van der Waals surface area contributed by atoms with E-state index in [1.807, 2.05) is 6.07 Å². The maximum absolute atomic E-state index is 9.08. The number of aromatic nitrogens is 6. The van der Waals surface area contributed by atoms with E-state index in [1.54, 1.807) is 38.0 Å². The highest BCUT2D eigenvalue weighted by molar-refractivity contribution is 5.47. The van der Waals surface area contributed by atoms with Gasteiger partial charge in [0.25, 0.3) is 5.95 Å². The number of rotatable bonds is 3. The molecule has 2 N–H and O–H groups in total. The molecule has 0 amide bonds. The van der Waals surface area contributed by atoms with E-state index in [0.29, 0.717) is 11.9 Å². The molecule has 0 aliphatic rings. The highest BCUT2D eigenvalue weighted by atomic mass is 15.5. The summed E-state index contributed by atoms with van der Waals surface area (Å²) in [7, 11) is 7.22. The van der Waals surface area contributed by atoms with Crippen LogP contribution in [0, 0.1) is 11.3 Å². The lowest BCUT2D eigenvalue weighted by molar-refractivity contribution is 0.734. The molecule has 2 heterocycles. The molecular formula is C10H14N10. The Bertz CT molecular complexity index is 639. The first-order valence-corrected chi connectivity index (χ1v) is 5.66. The number of nitrogens with zero attached hydrogens (tertiary/aromatic N) is 9. The predicted octanol–water partition coefficient (Wildman–Crippen LogP) is -0.962. The molecule has 0 saturated heterocycles. The van der Waals surface area contributed by atoms with Crippen LogP contribution >= 0.6 is 0 Å². The topological polar surface area (TPSA) is 126 Å². The van der Waals surface area contributed by atoms with E-state index in [4.69, 9.17) is 11.0 Å². The monoisotopic (exact) mass is 274 g/mol. The lowest BCUT2D eigenvalue weighted by atomic mass is 10.5. The third-order valence-electron chi connectivity index (χ3n) is 2.39. The van der Waals surface area contributed by atoms with Crippen LogP contribution in [-0.4, -0.2) is 58.1 Å². The zero-order chi connectivity index (χ0) is 14.9. The molecule has 0 unspecified atom stereocenters. The number of hydrogen-bond acceptors (Lipinski definition) is 9. The minimum Gasteiger partial charge on any atom is -0.380 e. The van der Waals surface area contributed by atoms with Gasteiger partial charge in [0.2, 0.25) is 11.9 Å². The van der Waals surface area contributed by atoms with Crippen molar-refractivity contribution in [1.29, 1.82) is 5.26 Å². The second-order valence-corrected chi connectivity index (χ2v) is 4.37. The summed E-state index contributed by atoms with van der Waals surface area (Å²) in [5, 5.41) is 16.5. The Labute approximate surface area is 115 Å². The molecule has 2 rings (SSSR count). The first kappa shape index (κ1) is 13.5. The fourth-order valence-electron chi connectivity index (χ4n) is 1.38. The van der Waals surface area contributed by atoms with Gasteiger partial charge in [0.05, 0.1) is 0 Å². The molecule has 0 atom stereocenters. The molecule has 0 radical (unpaired) electrons. The standard InChI is InChI=1S/C10H14N10/c1-18(2)8-13-9(19(3)4)15-10(14-8)20-6(5-11)7(12)16-17-20/h12H2,1-4H3. The lowest BCUT2D eigenvalue weighted by Crippen LogP contribution is -2.21. The largest absolute Gasteiger partial charge is 0.380 e. The number of anilines is 3. The highest BCUT2D eigenvalue weighted by Gasteiger charge is 2.17. The van der Waals surface area contributed by atoms with Crippen molar-refractivity contribution in [3.8, 4) is 12.0 Å². The number of nitrogens with two attached hydrogens (primary N) is 1. The van der Waals surface area contributed by atoms with Crippen LogP contribution in [-0.2, 0) is 0 Å². The van der Waals surface area contributed by atoms with Gasteiger partial charge in [-0.15, -0.1) is 5.10 Å². The molecule has 0 spiro atoms. The van der Waals surface area contributed by atoms with Gasteiger partial charge >= 0.3 is 0 Å². The molecule has 0 bridgehead atoms. The van der Waals surface area contributed by atoms with Crippen molar-refractivity contribution in [3.63, 3.8) is 0 Å². The summed E-state index contributed by atoms with van der Waals surface area (Å²) in [5.41, 5.74) is 5.66. The van der Waals surface area contributed by atoms with E-state index >= 15 is 0 Å². The summed E-state index contributed by atoms with van der Waals surface area (Å²) in [6.07, 6.45) is 0. The Hall–Kier alpha value is -2.96. The van der Waals surface area contributed by atoms with E-state index < -0.39 is 0 Å². The Balaban J connectivity index is 2.64. The van der Waals surface area contributed by atoms with Crippen LogP contribution < -0.4 is 15.5 Å². The summed E-state index contributed by atoms with van der Waals surface area (Å²) < 4.78 is 1.19. The molecule has 0 aliphatic carbocycles. The third-order valence-corrected chi connectivity index (χ3v) is 2.39. The first-order valence-electron chi connectivity index (χ1n) is 5.66. The molecule has 2 aromatic heterocycles. The van der Waals surface area contributed by atoms with Crippen molar-refractivity contribution >= 4 is 17.7 Å². The van der Waals surface area contributed by atoms with Gasteiger partial charge in [-0.2, -0.15) is 24.9 Å². The minimum atomic E-state index is 0.0331. The van der Waals surface area contributed by atoms with Gasteiger partial charge in [-0.3, -0.25) is 0 Å². The van der Waals surface area contributed by atoms with Gasteiger partial charge in [0.15, 0.2) is 11.5 Å². The van der Waals surface area contributed by atoms with Gasteiger partial charge < -0.3 is 15.5 Å². The molecule has 20 heavy (non-hydrogen) atoms. The maximum Gasteiger partial charge on any atom is 0.259 e.